The molecule has 206 valence electrons. The molecule has 0 saturated heterocycles. The van der Waals surface area contributed by atoms with E-state index < -0.39 is 18.4 Å². The molecule has 38 heavy (non-hydrogen) atoms. The molecule has 0 unspecified atom stereocenters. The molecule has 0 N–H and O–H groups in total. The van der Waals surface area contributed by atoms with Crippen LogP contribution in [0.15, 0.2) is 60.9 Å². The van der Waals surface area contributed by atoms with E-state index in [1.807, 2.05) is 30.6 Å². The first-order chi connectivity index (χ1) is 18.6. The topological polar surface area (TPSA) is 47.5 Å². The Labute approximate surface area is 234 Å². The van der Waals surface area contributed by atoms with Gasteiger partial charge in [-0.25, -0.2) is 0 Å². The van der Waals surface area contributed by atoms with Crippen molar-refractivity contribution in [1.82, 2.24) is 9.97 Å². The molecule has 2 aromatic carbocycles. The van der Waals surface area contributed by atoms with Gasteiger partial charge in [-0.1, -0.05) is 0 Å². The number of benzene rings is 2. The van der Waals surface area contributed by atoms with Gasteiger partial charge in [0.2, 0.25) is 0 Å². The SMILES string of the molecule is CCC[CH2][Sn]([CH2]CCC)([CH2]CCC)[c]1cc(N(Cc2ccc(OC)cc2)Cc2ccc(OC)cc2)ncn1. The van der Waals surface area contributed by atoms with Gasteiger partial charge in [0.05, 0.1) is 0 Å². The van der Waals surface area contributed by atoms with Crippen LogP contribution in [0, 0.1) is 0 Å². The van der Waals surface area contributed by atoms with Crippen LogP contribution in [-0.2, 0) is 13.1 Å². The third-order valence-electron chi connectivity index (χ3n) is 7.61. The molecule has 0 atom stereocenters. The van der Waals surface area contributed by atoms with Crippen LogP contribution in [0.2, 0.25) is 13.3 Å². The molecule has 0 radical (unpaired) electrons. The fraction of sp³-hybridized carbons (Fsp3) is 0.500. The first kappa shape index (κ1) is 30.3. The van der Waals surface area contributed by atoms with Gasteiger partial charge >= 0.3 is 236 Å². The van der Waals surface area contributed by atoms with E-state index in [1.54, 1.807) is 14.2 Å². The Kier molecular flexibility index (Phi) is 12.7. The number of nitrogens with zero attached hydrogens (tertiary/aromatic N) is 3. The van der Waals surface area contributed by atoms with Crippen molar-refractivity contribution in [3.05, 3.63) is 72.1 Å². The third kappa shape index (κ3) is 8.62. The van der Waals surface area contributed by atoms with Crippen molar-refractivity contribution in [3.63, 3.8) is 0 Å². The molecule has 3 aromatic rings. The van der Waals surface area contributed by atoms with Gasteiger partial charge in [0, 0.05) is 0 Å². The second-order valence-corrected chi connectivity index (χ2v) is 23.5. The van der Waals surface area contributed by atoms with Crippen LogP contribution in [0.4, 0.5) is 5.82 Å². The van der Waals surface area contributed by atoms with Crippen LogP contribution in [-0.4, -0.2) is 42.6 Å². The Morgan fingerprint density at radius 2 is 1.11 bits per heavy atom. The van der Waals surface area contributed by atoms with Gasteiger partial charge in [-0.15, -0.1) is 0 Å². The van der Waals surface area contributed by atoms with Crippen LogP contribution in [0.3, 0.4) is 0 Å². The Bertz CT molecular complexity index is 1000. The second-order valence-electron chi connectivity index (χ2n) is 10.4. The van der Waals surface area contributed by atoms with Gasteiger partial charge in [0.15, 0.2) is 0 Å². The Balaban J connectivity index is 2.00. The van der Waals surface area contributed by atoms with E-state index in [4.69, 9.17) is 19.4 Å². The maximum atomic E-state index is 5.39. The molecule has 1 heterocycles. The normalized spacial score (nSPS) is 11.4. The molecular formula is C32H47N3O2Sn. The summed E-state index contributed by atoms with van der Waals surface area (Å²) in [5.41, 5.74) is 2.47. The number of hydrogen-bond acceptors (Lipinski definition) is 5. The van der Waals surface area contributed by atoms with E-state index in [1.165, 1.54) is 66.7 Å². The fourth-order valence-electron chi connectivity index (χ4n) is 5.24. The van der Waals surface area contributed by atoms with Crippen LogP contribution in [0.25, 0.3) is 0 Å². The summed E-state index contributed by atoms with van der Waals surface area (Å²) in [6.45, 7) is 8.52. The summed E-state index contributed by atoms with van der Waals surface area (Å²) in [6.07, 6.45) is 9.59. The number of hydrogen-bond donors (Lipinski definition) is 0. The molecule has 0 saturated carbocycles. The van der Waals surface area contributed by atoms with Crippen molar-refractivity contribution < 1.29 is 9.47 Å². The number of ether oxygens (including phenoxy) is 2. The van der Waals surface area contributed by atoms with Gasteiger partial charge in [-0.2, -0.15) is 0 Å². The molecule has 6 heteroatoms. The van der Waals surface area contributed by atoms with Crippen molar-refractivity contribution in [2.24, 2.45) is 0 Å². The molecule has 0 amide bonds. The Hall–Kier alpha value is -2.28. The molecule has 0 fully saturated rings. The predicted octanol–water partition coefficient (Wildman–Crippen LogP) is 7.76. The van der Waals surface area contributed by atoms with E-state index in [9.17, 15) is 0 Å². The minimum atomic E-state index is -2.68. The average molecular weight is 624 g/mol. The van der Waals surface area contributed by atoms with Crippen molar-refractivity contribution in [2.45, 2.75) is 85.7 Å². The van der Waals surface area contributed by atoms with Crippen molar-refractivity contribution >= 4 is 27.9 Å². The first-order valence-electron chi connectivity index (χ1n) is 14.4. The number of methoxy groups -OCH3 is 2. The number of unbranched alkanes of at least 4 members (excludes halogenated alkanes) is 3. The second kappa shape index (κ2) is 16.0. The average Bonchev–Trinajstić information content (AvgIpc) is 2.97. The molecule has 0 spiro atoms. The number of rotatable bonds is 17. The number of anilines is 1. The van der Waals surface area contributed by atoms with Crippen molar-refractivity contribution in [1.29, 1.82) is 0 Å². The van der Waals surface area contributed by atoms with Crippen LogP contribution < -0.4 is 18.1 Å². The summed E-state index contributed by atoms with van der Waals surface area (Å²) >= 11 is -2.68. The summed E-state index contributed by atoms with van der Waals surface area (Å²) in [7, 11) is 3.42. The predicted molar refractivity (Wildman–Crippen MR) is 162 cm³/mol. The molecule has 0 aliphatic heterocycles. The standard InChI is InChI=1S/C20H20N3O2.3C4H9.Sn/c1-24-18-7-3-16(4-8-18)13-23(20-11-12-21-15-22-20)14-17-5-9-19(25-2)10-6-17;3*1-3-4-2;/h3-11,15H,13-14H2,1-2H3;3*1,3-4H2,2H3;. The van der Waals surface area contributed by atoms with E-state index in [-0.39, 0.29) is 0 Å². The van der Waals surface area contributed by atoms with Crippen LogP contribution in [0.5, 0.6) is 11.5 Å². The van der Waals surface area contributed by atoms with E-state index in [2.05, 4.69) is 56.0 Å². The van der Waals surface area contributed by atoms with Gasteiger partial charge in [-0.3, -0.25) is 0 Å². The summed E-state index contributed by atoms with van der Waals surface area (Å²) in [5, 5.41) is 0. The number of aromatic nitrogens is 2. The van der Waals surface area contributed by atoms with E-state index in [0.717, 1.165) is 30.4 Å². The van der Waals surface area contributed by atoms with Crippen molar-refractivity contribution in [3.8, 4) is 11.5 Å². The zero-order chi connectivity index (χ0) is 27.2. The molecule has 0 aliphatic carbocycles. The van der Waals surface area contributed by atoms with E-state index >= 15 is 0 Å². The summed E-state index contributed by atoms with van der Waals surface area (Å²) in [4.78, 5) is 12.3. The third-order valence-corrected chi connectivity index (χ3v) is 22.7. The first-order valence-corrected chi connectivity index (χ1v) is 21.9. The Morgan fingerprint density at radius 1 is 0.658 bits per heavy atom. The summed E-state index contributed by atoms with van der Waals surface area (Å²) < 4.78 is 16.4. The summed E-state index contributed by atoms with van der Waals surface area (Å²) in [5.74, 6) is 2.79. The zero-order valence-corrected chi connectivity index (χ0v) is 27.1. The monoisotopic (exact) mass is 625 g/mol. The van der Waals surface area contributed by atoms with Gasteiger partial charge in [-0.05, 0) is 0 Å². The molecule has 1 aromatic heterocycles. The zero-order valence-electron chi connectivity index (χ0n) is 24.2. The van der Waals surface area contributed by atoms with Gasteiger partial charge in [0.1, 0.15) is 0 Å². The van der Waals surface area contributed by atoms with E-state index in [0.29, 0.717) is 0 Å². The molecule has 0 aliphatic rings. The summed E-state index contributed by atoms with van der Waals surface area (Å²) in [6, 6.07) is 19.1. The van der Waals surface area contributed by atoms with Crippen LogP contribution >= 0.6 is 0 Å². The molecular weight excluding hydrogens is 577 g/mol. The molecule has 3 rings (SSSR count). The van der Waals surface area contributed by atoms with Gasteiger partial charge in [0.25, 0.3) is 0 Å². The van der Waals surface area contributed by atoms with Gasteiger partial charge < -0.3 is 0 Å². The quantitative estimate of drug-likeness (QED) is 0.144. The minimum absolute atomic E-state index is 0.772. The van der Waals surface area contributed by atoms with Crippen molar-refractivity contribution in [2.75, 3.05) is 19.1 Å². The Morgan fingerprint density at radius 3 is 1.50 bits per heavy atom. The fourth-order valence-corrected chi connectivity index (χ4v) is 20.6. The molecule has 5 nitrogen and oxygen atoms in total. The maximum absolute atomic E-state index is 5.39. The van der Waals surface area contributed by atoms with Crippen LogP contribution in [0.1, 0.15) is 70.4 Å². The molecule has 0 bridgehead atoms.